The van der Waals surface area contributed by atoms with Crippen LogP contribution in [0.25, 0.3) is 0 Å². The van der Waals surface area contributed by atoms with E-state index in [0.717, 1.165) is 5.69 Å². The number of carbonyl (C=O) groups is 1. The molecule has 1 atom stereocenters. The van der Waals surface area contributed by atoms with Crippen molar-refractivity contribution in [3.05, 3.63) is 69.0 Å². The van der Waals surface area contributed by atoms with E-state index in [9.17, 15) is 9.59 Å². The molecule has 166 valence electrons. The number of hydrogen-bond donors (Lipinski definition) is 1. The van der Waals surface area contributed by atoms with Gasteiger partial charge >= 0.3 is 5.97 Å². The SMILES string of the molecule is CCOC(=O)C1=C(N)Oc2cc(C)n(CCN(C)C)c(=O)c2C1c1cccc(OC)c1. The molecule has 0 saturated carbocycles. The van der Waals surface area contributed by atoms with E-state index in [-0.39, 0.29) is 23.6 Å². The number of carbonyl (C=O) groups excluding carboxylic acids is 1. The van der Waals surface area contributed by atoms with E-state index in [2.05, 4.69) is 0 Å². The normalized spacial score (nSPS) is 15.5. The lowest BCUT2D eigenvalue weighted by Crippen LogP contribution is -2.36. The smallest absolute Gasteiger partial charge is 0.340 e. The van der Waals surface area contributed by atoms with E-state index >= 15 is 0 Å². The number of aryl methyl sites for hydroxylation is 1. The summed E-state index contributed by atoms with van der Waals surface area (Å²) in [6, 6.07) is 9.01. The zero-order valence-electron chi connectivity index (χ0n) is 18.6. The summed E-state index contributed by atoms with van der Waals surface area (Å²) < 4.78 is 18.1. The van der Waals surface area contributed by atoms with Gasteiger partial charge in [0.25, 0.3) is 5.56 Å². The third-order valence-electron chi connectivity index (χ3n) is 5.26. The fourth-order valence-corrected chi connectivity index (χ4v) is 3.73. The molecule has 0 spiro atoms. The molecule has 1 aliphatic rings. The molecule has 1 aliphatic heterocycles. The van der Waals surface area contributed by atoms with Gasteiger partial charge in [0.1, 0.15) is 17.1 Å². The standard InChI is InChI=1S/C23H29N3O5/c1-6-30-23(28)20-18(15-8-7-9-16(13-15)29-5)19-17(31-21(20)24)12-14(2)26(22(19)27)11-10-25(3)4/h7-9,12-13,18H,6,10-11,24H2,1-5H3. The molecule has 8 nitrogen and oxygen atoms in total. The molecule has 0 amide bonds. The Bertz CT molecular complexity index is 1070. The van der Waals surface area contributed by atoms with Crippen molar-refractivity contribution in [3.8, 4) is 11.5 Å². The van der Waals surface area contributed by atoms with Crippen LogP contribution in [0.3, 0.4) is 0 Å². The summed E-state index contributed by atoms with van der Waals surface area (Å²) >= 11 is 0. The number of aromatic nitrogens is 1. The number of ether oxygens (including phenoxy) is 3. The molecule has 2 N–H and O–H groups in total. The molecule has 0 aliphatic carbocycles. The van der Waals surface area contributed by atoms with Crippen LogP contribution in [0.4, 0.5) is 0 Å². The predicted octanol–water partition coefficient (Wildman–Crippen LogP) is 1.98. The maximum atomic E-state index is 13.6. The molecule has 31 heavy (non-hydrogen) atoms. The molecule has 2 heterocycles. The number of nitrogens with zero attached hydrogens (tertiary/aromatic N) is 2. The second-order valence-electron chi connectivity index (χ2n) is 7.63. The molecule has 0 bridgehead atoms. The van der Waals surface area contributed by atoms with Gasteiger partial charge in [-0.1, -0.05) is 12.1 Å². The first-order valence-corrected chi connectivity index (χ1v) is 10.2. The molecule has 0 radical (unpaired) electrons. The van der Waals surface area contributed by atoms with E-state index in [1.165, 1.54) is 0 Å². The van der Waals surface area contributed by atoms with Gasteiger partial charge in [-0.3, -0.25) is 4.79 Å². The van der Waals surface area contributed by atoms with Crippen LogP contribution in [0.15, 0.2) is 46.6 Å². The predicted molar refractivity (Wildman–Crippen MR) is 117 cm³/mol. The van der Waals surface area contributed by atoms with Crippen molar-refractivity contribution >= 4 is 5.97 Å². The molecule has 0 saturated heterocycles. The van der Waals surface area contributed by atoms with Gasteiger partial charge in [-0.05, 0) is 45.6 Å². The minimum absolute atomic E-state index is 0.0661. The van der Waals surface area contributed by atoms with Crippen molar-refractivity contribution in [3.63, 3.8) is 0 Å². The summed E-state index contributed by atoms with van der Waals surface area (Å²) in [4.78, 5) is 28.5. The Morgan fingerprint density at radius 1 is 1.29 bits per heavy atom. The quantitative estimate of drug-likeness (QED) is 0.675. The van der Waals surface area contributed by atoms with E-state index in [4.69, 9.17) is 19.9 Å². The Labute approximate surface area is 181 Å². The number of nitrogens with two attached hydrogens (primary N) is 1. The van der Waals surface area contributed by atoms with Crippen molar-refractivity contribution < 1.29 is 19.0 Å². The number of esters is 1. The molecule has 0 fully saturated rings. The third kappa shape index (κ3) is 4.44. The number of pyridine rings is 1. The fourth-order valence-electron chi connectivity index (χ4n) is 3.73. The van der Waals surface area contributed by atoms with Gasteiger partial charge < -0.3 is 29.4 Å². The second-order valence-corrected chi connectivity index (χ2v) is 7.63. The molecule has 3 rings (SSSR count). The number of likely N-dealkylation sites (N-methyl/N-ethyl adjacent to an activating group) is 1. The number of benzene rings is 1. The average Bonchev–Trinajstić information content (AvgIpc) is 2.72. The van der Waals surface area contributed by atoms with Crippen LogP contribution in [-0.4, -0.2) is 49.8 Å². The van der Waals surface area contributed by atoms with Crippen LogP contribution in [0.2, 0.25) is 0 Å². The molecule has 1 unspecified atom stereocenters. The summed E-state index contributed by atoms with van der Waals surface area (Å²) in [5.41, 5.74) is 7.86. The van der Waals surface area contributed by atoms with Crippen LogP contribution < -0.4 is 20.8 Å². The first-order valence-electron chi connectivity index (χ1n) is 10.2. The molecule has 1 aromatic carbocycles. The van der Waals surface area contributed by atoms with Gasteiger partial charge in [0, 0.05) is 24.8 Å². The monoisotopic (exact) mass is 427 g/mol. The topological polar surface area (TPSA) is 96.0 Å². The van der Waals surface area contributed by atoms with E-state index in [0.29, 0.717) is 35.7 Å². The van der Waals surface area contributed by atoms with E-state index in [1.54, 1.807) is 42.9 Å². The maximum Gasteiger partial charge on any atom is 0.340 e. The summed E-state index contributed by atoms with van der Waals surface area (Å²) in [5.74, 6) is -0.465. The van der Waals surface area contributed by atoms with Gasteiger partial charge in [-0.2, -0.15) is 0 Å². The largest absolute Gasteiger partial charge is 0.497 e. The Kier molecular flexibility index (Phi) is 6.70. The van der Waals surface area contributed by atoms with Gasteiger partial charge in [0.2, 0.25) is 5.88 Å². The van der Waals surface area contributed by atoms with Crippen LogP contribution in [0.5, 0.6) is 11.5 Å². The number of rotatable bonds is 7. The van der Waals surface area contributed by atoms with Gasteiger partial charge in [0.05, 0.1) is 25.2 Å². The molecule has 8 heteroatoms. The summed E-state index contributed by atoms with van der Waals surface area (Å²) in [7, 11) is 5.46. The highest BCUT2D eigenvalue weighted by Gasteiger charge is 2.38. The average molecular weight is 428 g/mol. The Morgan fingerprint density at radius 3 is 2.68 bits per heavy atom. The Hall–Kier alpha value is -3.26. The molecule has 2 aromatic rings. The van der Waals surface area contributed by atoms with Crippen LogP contribution in [0.1, 0.15) is 29.7 Å². The number of fused-ring (bicyclic) bond motifs is 1. The summed E-state index contributed by atoms with van der Waals surface area (Å²) in [5, 5.41) is 0. The number of hydrogen-bond acceptors (Lipinski definition) is 7. The van der Waals surface area contributed by atoms with Gasteiger partial charge in [-0.15, -0.1) is 0 Å². The van der Waals surface area contributed by atoms with E-state index in [1.807, 2.05) is 32.0 Å². The lowest BCUT2D eigenvalue weighted by atomic mass is 9.83. The third-order valence-corrected chi connectivity index (χ3v) is 5.26. The van der Waals surface area contributed by atoms with Crippen LogP contribution in [-0.2, 0) is 16.1 Å². The summed E-state index contributed by atoms with van der Waals surface area (Å²) in [6.45, 7) is 4.93. The van der Waals surface area contributed by atoms with E-state index < -0.39 is 11.9 Å². The zero-order chi connectivity index (χ0) is 22.7. The van der Waals surface area contributed by atoms with Gasteiger partial charge in [-0.25, -0.2) is 4.79 Å². The second kappa shape index (κ2) is 9.26. The highest BCUT2D eigenvalue weighted by atomic mass is 16.5. The minimum atomic E-state index is -0.739. The van der Waals surface area contributed by atoms with Crippen LogP contribution in [0, 0.1) is 6.92 Å². The first kappa shape index (κ1) is 22.4. The Morgan fingerprint density at radius 2 is 2.03 bits per heavy atom. The van der Waals surface area contributed by atoms with Crippen molar-refractivity contribution in [2.45, 2.75) is 26.3 Å². The van der Waals surface area contributed by atoms with Crippen molar-refractivity contribution in [2.75, 3.05) is 34.4 Å². The highest BCUT2D eigenvalue weighted by Crippen LogP contribution is 2.42. The zero-order valence-corrected chi connectivity index (χ0v) is 18.6. The molecule has 1 aromatic heterocycles. The maximum absolute atomic E-state index is 13.6. The lowest BCUT2D eigenvalue weighted by Gasteiger charge is -2.29. The Balaban J connectivity index is 2.26. The highest BCUT2D eigenvalue weighted by molar-refractivity contribution is 5.92. The first-order chi connectivity index (χ1) is 14.8. The fraction of sp³-hybridized carbons (Fsp3) is 0.391. The van der Waals surface area contributed by atoms with Crippen molar-refractivity contribution in [1.29, 1.82) is 0 Å². The number of methoxy groups -OCH3 is 1. The van der Waals surface area contributed by atoms with Crippen molar-refractivity contribution in [2.24, 2.45) is 5.73 Å². The van der Waals surface area contributed by atoms with Crippen molar-refractivity contribution in [1.82, 2.24) is 9.47 Å². The molecular weight excluding hydrogens is 398 g/mol. The molecular formula is C23H29N3O5. The lowest BCUT2D eigenvalue weighted by molar-refractivity contribution is -0.139. The summed E-state index contributed by atoms with van der Waals surface area (Å²) in [6.07, 6.45) is 0. The van der Waals surface area contributed by atoms with Gasteiger partial charge in [0.15, 0.2) is 0 Å². The van der Waals surface area contributed by atoms with Crippen LogP contribution >= 0.6 is 0 Å². The minimum Gasteiger partial charge on any atom is -0.497 e.